The Morgan fingerprint density at radius 2 is 1.08 bits per heavy atom. The van der Waals surface area contributed by atoms with Gasteiger partial charge in [-0.25, -0.2) is 12.2 Å². The summed E-state index contributed by atoms with van der Waals surface area (Å²) in [5, 5.41) is 5.55. The predicted molar refractivity (Wildman–Crippen MR) is 219 cm³/mol. The molecule has 6 rings (SSSR count). The summed E-state index contributed by atoms with van der Waals surface area (Å²) in [4.78, 5) is 0. The minimum Gasteiger partial charge on any atom is -0.273 e. The summed E-state index contributed by atoms with van der Waals surface area (Å²) in [6.07, 6.45) is 17.5. The average molecular weight is 740 g/mol. The van der Waals surface area contributed by atoms with Crippen LogP contribution in [0.25, 0.3) is 21.5 Å². The molecule has 0 heterocycles. The Kier molecular flexibility index (Phi) is 14.3. The van der Waals surface area contributed by atoms with Crippen molar-refractivity contribution in [2.24, 2.45) is 0 Å². The Morgan fingerprint density at radius 3 is 1.38 bits per heavy atom. The van der Waals surface area contributed by atoms with E-state index in [4.69, 9.17) is 0 Å². The van der Waals surface area contributed by atoms with Gasteiger partial charge in [-0.05, 0) is 24.7 Å². The van der Waals surface area contributed by atoms with Crippen LogP contribution < -0.4 is 0 Å². The Morgan fingerprint density at radius 1 is 0.660 bits per heavy atom. The molecule has 1 aliphatic carbocycles. The van der Waals surface area contributed by atoms with E-state index < -0.39 is 0 Å². The predicted octanol–water partition coefficient (Wildman–Crippen LogP) is 13.7. The summed E-state index contributed by atoms with van der Waals surface area (Å²) in [7, 11) is 0. The fourth-order valence-electron chi connectivity index (χ4n) is 6.89. The van der Waals surface area contributed by atoms with Crippen molar-refractivity contribution in [3.05, 3.63) is 148 Å². The van der Waals surface area contributed by atoms with Crippen LogP contribution in [0, 0.1) is 19.9 Å². The molecule has 5 aromatic carbocycles. The molecule has 0 atom stereocenters. The summed E-state index contributed by atoms with van der Waals surface area (Å²) < 4.78 is 1.45. The average Bonchev–Trinajstić information content (AvgIpc) is 3.77. The number of unbranched alkanes of at least 4 members (excludes halogenated alkanes) is 2. The van der Waals surface area contributed by atoms with E-state index in [-0.39, 0.29) is 10.8 Å². The summed E-state index contributed by atoms with van der Waals surface area (Å²) in [6.45, 7) is 22.8. The third kappa shape index (κ3) is 10.7. The van der Waals surface area contributed by atoms with Crippen LogP contribution in [-0.4, -0.2) is 3.21 Å². The Hall–Kier alpha value is -3.02. The molecular weight excluding hydrogens is 680 g/mol. The molecule has 260 valence electrons. The van der Waals surface area contributed by atoms with Crippen LogP contribution in [0.3, 0.4) is 0 Å². The number of fused-ring (bicyclic) bond motifs is 3. The number of hydrogen-bond acceptors (Lipinski definition) is 0. The molecule has 0 unspecified atom stereocenters. The standard InChI is InChI=1S/C23H29.C21H26.C5H5.Zr/c1-14-9-16-11-17-10-15(2)21(23(6,7)8)13-19(17)18(16)12-20(14)22(3,4)5;1-3-5-7-18-9-13-20(14-10-18)17-21-15-11-19(12-16-21)8-6-4-2;1-2-4-5-3-1;/h9-13H,1-8H3;9-16H,3-8H2,1-2H3;1-3H,4H2;/q-1;;-1;+2. The monoisotopic (exact) mass is 738 g/mol. The number of aryl methyl sites for hydroxylation is 4. The third-order valence-corrected chi connectivity index (χ3v) is 11.1. The van der Waals surface area contributed by atoms with E-state index in [1.165, 1.54) is 132 Å². The first-order valence-electron chi connectivity index (χ1n) is 18.9. The van der Waals surface area contributed by atoms with Crippen LogP contribution in [-0.2, 0) is 47.9 Å². The van der Waals surface area contributed by atoms with Crippen molar-refractivity contribution >= 4 is 24.8 Å². The molecule has 0 amide bonds. The molecule has 0 aromatic heterocycles. The molecule has 0 radical (unpaired) electrons. The van der Waals surface area contributed by atoms with Crippen molar-refractivity contribution in [1.82, 2.24) is 0 Å². The second kappa shape index (κ2) is 18.0. The van der Waals surface area contributed by atoms with Crippen LogP contribution in [0.5, 0.6) is 0 Å². The second-order valence-corrected chi connectivity index (χ2v) is 17.4. The first-order chi connectivity index (χ1) is 23.7. The number of benzene rings is 4. The molecule has 0 N–H and O–H groups in total. The van der Waals surface area contributed by atoms with Crippen molar-refractivity contribution in [3.8, 4) is 0 Å². The first-order valence-corrected chi connectivity index (χ1v) is 20.1. The van der Waals surface area contributed by atoms with Gasteiger partial charge in [0.15, 0.2) is 0 Å². The van der Waals surface area contributed by atoms with Gasteiger partial charge in [0.25, 0.3) is 0 Å². The maximum atomic E-state index is 2.99. The van der Waals surface area contributed by atoms with Gasteiger partial charge >= 0.3 is 151 Å². The molecule has 0 aliphatic heterocycles. The van der Waals surface area contributed by atoms with E-state index in [2.05, 4.69) is 160 Å². The van der Waals surface area contributed by atoms with Gasteiger partial charge in [-0.3, -0.25) is 6.08 Å². The maximum Gasteiger partial charge on any atom is -0.0142 e. The van der Waals surface area contributed by atoms with Crippen molar-refractivity contribution in [2.45, 2.75) is 125 Å². The number of rotatable bonds is 8. The van der Waals surface area contributed by atoms with Gasteiger partial charge in [0.2, 0.25) is 0 Å². The van der Waals surface area contributed by atoms with Gasteiger partial charge in [-0.2, -0.15) is 6.08 Å². The molecule has 0 saturated heterocycles. The third-order valence-electron chi connectivity index (χ3n) is 9.72. The minimum absolute atomic E-state index is 0.180. The Labute approximate surface area is 319 Å². The Bertz CT molecular complexity index is 1770. The van der Waals surface area contributed by atoms with E-state index in [0.717, 1.165) is 6.42 Å². The van der Waals surface area contributed by atoms with E-state index in [1.54, 1.807) is 0 Å². The maximum absolute atomic E-state index is 2.99. The molecule has 1 aliphatic rings. The largest absolute Gasteiger partial charge is 0.273 e. The summed E-state index contributed by atoms with van der Waals surface area (Å²) in [5.74, 6) is 0. The van der Waals surface area contributed by atoms with Gasteiger partial charge in [-0.1, -0.05) is 75.9 Å². The Balaban J connectivity index is 0.000000197. The van der Waals surface area contributed by atoms with Gasteiger partial charge in [-0.15, -0.1) is 46.2 Å². The summed E-state index contributed by atoms with van der Waals surface area (Å²) in [6, 6.07) is 30.3. The van der Waals surface area contributed by atoms with E-state index in [1.807, 2.05) is 12.2 Å². The molecule has 0 nitrogen and oxygen atoms in total. The topological polar surface area (TPSA) is 0 Å². The fraction of sp³-hybridized carbons (Fsp3) is 0.388. The number of hydrogen-bond donors (Lipinski definition) is 0. The van der Waals surface area contributed by atoms with Crippen LogP contribution in [0.4, 0.5) is 0 Å². The SMILES string of the molecule is CCCCc1ccc([C](=[Zr+2])c2ccc(CCCC)cc2)cc1.Cc1cc2[cH-]c3cc(C)c(C(C)(C)C)cc3c2cc1C(C)(C)C.[C-]1=CC=CC1. The van der Waals surface area contributed by atoms with Crippen molar-refractivity contribution < 1.29 is 24.2 Å². The van der Waals surface area contributed by atoms with Crippen LogP contribution >= 0.6 is 0 Å². The normalized spacial score (nSPS) is 12.6. The van der Waals surface area contributed by atoms with E-state index in [9.17, 15) is 0 Å². The summed E-state index contributed by atoms with van der Waals surface area (Å²) >= 11 is 1.48. The molecule has 1 heteroatoms. The second-order valence-electron chi connectivity index (χ2n) is 16.1. The van der Waals surface area contributed by atoms with Gasteiger partial charge in [0, 0.05) is 0 Å². The smallest absolute Gasteiger partial charge is 0.0142 e. The summed E-state index contributed by atoms with van der Waals surface area (Å²) in [5.41, 5.74) is 11.7. The fourth-order valence-corrected chi connectivity index (χ4v) is 7.71. The molecule has 0 saturated carbocycles. The molecule has 50 heavy (non-hydrogen) atoms. The van der Waals surface area contributed by atoms with Gasteiger partial charge < -0.3 is 0 Å². The zero-order valence-electron chi connectivity index (χ0n) is 32.7. The van der Waals surface area contributed by atoms with Crippen molar-refractivity contribution in [3.63, 3.8) is 0 Å². The molecule has 5 aromatic rings. The van der Waals surface area contributed by atoms with Crippen LogP contribution in [0.1, 0.15) is 132 Å². The van der Waals surface area contributed by atoms with E-state index in [0.29, 0.717) is 0 Å². The van der Waals surface area contributed by atoms with Crippen LogP contribution in [0.15, 0.2) is 97.1 Å². The van der Waals surface area contributed by atoms with E-state index >= 15 is 0 Å². The quantitative estimate of drug-likeness (QED) is 0.139. The molecule has 0 fully saturated rings. The zero-order valence-corrected chi connectivity index (χ0v) is 35.1. The minimum atomic E-state index is 0.180. The molecule has 0 spiro atoms. The van der Waals surface area contributed by atoms with Gasteiger partial charge in [0.1, 0.15) is 0 Å². The van der Waals surface area contributed by atoms with Crippen LogP contribution in [0.2, 0.25) is 0 Å². The first kappa shape index (κ1) is 39.8. The van der Waals surface area contributed by atoms with Gasteiger partial charge in [0.05, 0.1) is 0 Å². The molecule has 0 bridgehead atoms. The molecular formula is C49H60Zr. The van der Waals surface area contributed by atoms with Crippen molar-refractivity contribution in [2.75, 3.05) is 0 Å². The zero-order chi connectivity index (χ0) is 36.5. The van der Waals surface area contributed by atoms with Crippen molar-refractivity contribution in [1.29, 1.82) is 0 Å². The number of allylic oxidation sites excluding steroid dienone is 4.